The second-order valence-corrected chi connectivity index (χ2v) is 9.49. The maximum atomic E-state index is 12.9. The number of sulfone groups is 1. The zero-order valence-corrected chi connectivity index (χ0v) is 17.9. The number of likely N-dealkylation sites (tertiary alicyclic amines) is 1. The van der Waals surface area contributed by atoms with Crippen LogP contribution in [0.4, 0.5) is 0 Å². The third-order valence-corrected chi connectivity index (χ3v) is 7.58. The smallest absolute Gasteiger partial charge is 0.243 e. The molecular formula is C16H33Cl2N3O3S. The van der Waals surface area contributed by atoms with Gasteiger partial charge in [0.25, 0.3) is 0 Å². The molecule has 0 aromatic heterocycles. The molecule has 0 spiro atoms. The molecule has 2 aliphatic rings. The highest BCUT2D eigenvalue weighted by Crippen LogP contribution is 2.30. The lowest BCUT2D eigenvalue weighted by atomic mass is 9.94. The summed E-state index contributed by atoms with van der Waals surface area (Å²) in [5.41, 5.74) is 0. The van der Waals surface area contributed by atoms with Gasteiger partial charge in [-0.15, -0.1) is 24.8 Å². The number of nitrogens with zero attached hydrogens (tertiary/aromatic N) is 2. The molecule has 0 bridgehead atoms. The summed E-state index contributed by atoms with van der Waals surface area (Å²) in [6, 6.07) is 0.501. The quantitative estimate of drug-likeness (QED) is 0.730. The minimum absolute atomic E-state index is 0. The van der Waals surface area contributed by atoms with E-state index in [-0.39, 0.29) is 30.7 Å². The van der Waals surface area contributed by atoms with Crippen molar-refractivity contribution in [3.05, 3.63) is 0 Å². The van der Waals surface area contributed by atoms with E-state index in [0.717, 1.165) is 13.0 Å². The number of nitrogens with one attached hydrogen (secondary N) is 1. The maximum absolute atomic E-state index is 12.9. The topological polar surface area (TPSA) is 69.7 Å². The lowest BCUT2D eigenvalue weighted by molar-refractivity contribution is -0.133. The maximum Gasteiger partial charge on any atom is 0.243 e. The van der Waals surface area contributed by atoms with Crippen LogP contribution in [0.1, 0.15) is 38.5 Å². The van der Waals surface area contributed by atoms with E-state index >= 15 is 0 Å². The highest BCUT2D eigenvalue weighted by molar-refractivity contribution is 7.92. The molecule has 2 rings (SSSR count). The van der Waals surface area contributed by atoms with Crippen LogP contribution in [0, 0.1) is 0 Å². The number of halogens is 2. The van der Waals surface area contributed by atoms with Gasteiger partial charge in [0.05, 0.1) is 0 Å². The Morgan fingerprint density at radius 3 is 2.36 bits per heavy atom. The molecule has 2 fully saturated rings. The summed E-state index contributed by atoms with van der Waals surface area (Å²) in [5, 5.41) is 3.15. The second-order valence-electron chi connectivity index (χ2n) is 7.16. The van der Waals surface area contributed by atoms with E-state index in [1.54, 1.807) is 11.9 Å². The molecule has 0 radical (unpaired) electrons. The summed E-state index contributed by atoms with van der Waals surface area (Å²) in [6.07, 6.45) is 6.52. The first-order valence-corrected chi connectivity index (χ1v) is 10.5. The number of hydrogen-bond acceptors (Lipinski definition) is 5. The van der Waals surface area contributed by atoms with Crippen LogP contribution in [-0.4, -0.2) is 81.4 Å². The molecule has 150 valence electrons. The molecular weight excluding hydrogens is 385 g/mol. The van der Waals surface area contributed by atoms with E-state index in [2.05, 4.69) is 17.3 Å². The van der Waals surface area contributed by atoms with Gasteiger partial charge in [-0.25, -0.2) is 8.42 Å². The van der Waals surface area contributed by atoms with Crippen molar-refractivity contribution in [3.8, 4) is 0 Å². The van der Waals surface area contributed by atoms with Gasteiger partial charge >= 0.3 is 0 Å². The Labute approximate surface area is 164 Å². The van der Waals surface area contributed by atoms with Crippen molar-refractivity contribution in [1.29, 1.82) is 0 Å². The van der Waals surface area contributed by atoms with Crippen LogP contribution in [0.15, 0.2) is 0 Å². The molecule has 6 nitrogen and oxygen atoms in total. The Hall–Kier alpha value is -0.0800. The fraction of sp³-hybridized carbons (Fsp3) is 0.938. The van der Waals surface area contributed by atoms with Crippen molar-refractivity contribution >= 4 is 40.6 Å². The van der Waals surface area contributed by atoms with Crippen LogP contribution in [0.2, 0.25) is 0 Å². The molecule has 1 unspecified atom stereocenters. The number of rotatable bonds is 5. The fourth-order valence-electron chi connectivity index (χ4n) is 3.87. The van der Waals surface area contributed by atoms with Crippen molar-refractivity contribution in [2.75, 3.05) is 46.5 Å². The molecule has 1 atom stereocenters. The summed E-state index contributed by atoms with van der Waals surface area (Å²) < 4.78 is 23.4. The summed E-state index contributed by atoms with van der Waals surface area (Å²) in [4.78, 5) is 16.9. The van der Waals surface area contributed by atoms with Crippen LogP contribution in [-0.2, 0) is 14.6 Å². The molecule has 2 aliphatic heterocycles. The lowest BCUT2D eigenvalue weighted by Crippen LogP contribution is -2.57. The van der Waals surface area contributed by atoms with Gasteiger partial charge in [0.2, 0.25) is 5.91 Å². The number of piperidine rings is 2. The molecule has 1 amide bonds. The minimum atomic E-state index is -3.43. The van der Waals surface area contributed by atoms with Crippen LogP contribution >= 0.6 is 24.8 Å². The van der Waals surface area contributed by atoms with Gasteiger partial charge in [-0.3, -0.25) is 4.79 Å². The first kappa shape index (κ1) is 24.9. The first-order valence-electron chi connectivity index (χ1n) is 8.64. The molecule has 25 heavy (non-hydrogen) atoms. The van der Waals surface area contributed by atoms with E-state index in [1.165, 1.54) is 25.5 Å². The highest BCUT2D eigenvalue weighted by atomic mass is 35.5. The second kappa shape index (κ2) is 10.3. The van der Waals surface area contributed by atoms with E-state index < -0.39 is 14.6 Å². The van der Waals surface area contributed by atoms with E-state index in [4.69, 9.17) is 0 Å². The molecule has 2 heterocycles. The Kier molecular flexibility index (Phi) is 10.3. The molecule has 1 N–H and O–H groups in total. The minimum Gasteiger partial charge on any atom is -0.344 e. The SMILES string of the molecule is CN(CCC1CCCCN1C)C(=O)C1(S(C)(=O)=O)CCNCC1.Cl.Cl. The van der Waals surface area contributed by atoms with Gasteiger partial charge in [-0.05, 0) is 58.8 Å². The van der Waals surface area contributed by atoms with Crippen LogP contribution in [0.3, 0.4) is 0 Å². The van der Waals surface area contributed by atoms with Crippen molar-refractivity contribution in [3.63, 3.8) is 0 Å². The molecule has 2 saturated heterocycles. The Morgan fingerprint density at radius 1 is 1.24 bits per heavy atom. The van der Waals surface area contributed by atoms with Crippen molar-refractivity contribution in [1.82, 2.24) is 15.1 Å². The summed E-state index contributed by atoms with van der Waals surface area (Å²) >= 11 is 0. The number of hydrogen-bond donors (Lipinski definition) is 1. The van der Waals surface area contributed by atoms with Gasteiger partial charge in [0.15, 0.2) is 14.6 Å². The van der Waals surface area contributed by atoms with E-state index in [1.807, 2.05) is 0 Å². The van der Waals surface area contributed by atoms with E-state index in [0.29, 0.717) is 38.5 Å². The van der Waals surface area contributed by atoms with Crippen LogP contribution < -0.4 is 5.32 Å². The standard InChI is InChI=1S/C16H31N3O3S.2ClH/c1-18-12-5-4-6-14(18)7-13-19(2)15(20)16(23(3,21)22)8-10-17-11-9-16;;/h14,17H,4-13H2,1-3H3;2*1H. The van der Waals surface area contributed by atoms with Crippen LogP contribution in [0.25, 0.3) is 0 Å². The van der Waals surface area contributed by atoms with Crippen molar-refractivity contribution < 1.29 is 13.2 Å². The third-order valence-electron chi connectivity index (χ3n) is 5.58. The van der Waals surface area contributed by atoms with E-state index in [9.17, 15) is 13.2 Å². The Bertz CT molecular complexity index is 525. The molecule has 0 aliphatic carbocycles. The highest BCUT2D eigenvalue weighted by Gasteiger charge is 2.49. The van der Waals surface area contributed by atoms with Gasteiger partial charge in [-0.1, -0.05) is 6.42 Å². The normalized spacial score (nSPS) is 23.9. The average molecular weight is 418 g/mol. The van der Waals surface area contributed by atoms with Gasteiger partial charge in [0.1, 0.15) is 0 Å². The molecule has 0 aromatic rings. The predicted molar refractivity (Wildman–Crippen MR) is 107 cm³/mol. The average Bonchev–Trinajstić information content (AvgIpc) is 2.52. The first-order chi connectivity index (χ1) is 10.8. The van der Waals surface area contributed by atoms with Gasteiger partial charge in [-0.2, -0.15) is 0 Å². The summed E-state index contributed by atoms with van der Waals surface area (Å²) in [5.74, 6) is -0.222. The van der Waals surface area contributed by atoms with Gasteiger partial charge in [0, 0.05) is 25.9 Å². The number of amides is 1. The third kappa shape index (κ3) is 5.70. The van der Waals surface area contributed by atoms with Gasteiger partial charge < -0.3 is 15.1 Å². The summed E-state index contributed by atoms with van der Waals surface area (Å²) in [6.45, 7) is 2.90. The number of carbonyl (C=O) groups is 1. The monoisotopic (exact) mass is 417 g/mol. The molecule has 0 aromatic carbocycles. The lowest BCUT2D eigenvalue weighted by Gasteiger charge is -2.38. The zero-order valence-electron chi connectivity index (χ0n) is 15.5. The summed E-state index contributed by atoms with van der Waals surface area (Å²) in [7, 11) is 0.458. The fourth-order valence-corrected chi connectivity index (χ4v) is 5.29. The number of carbonyl (C=O) groups excluding carboxylic acids is 1. The predicted octanol–water partition coefficient (Wildman–Crippen LogP) is 1.33. The van der Waals surface area contributed by atoms with Crippen molar-refractivity contribution in [2.24, 2.45) is 0 Å². The zero-order chi connectivity index (χ0) is 17.1. The molecule has 0 saturated carbocycles. The Morgan fingerprint density at radius 2 is 1.84 bits per heavy atom. The molecule has 9 heteroatoms. The largest absolute Gasteiger partial charge is 0.344 e. The van der Waals surface area contributed by atoms with Crippen molar-refractivity contribution in [2.45, 2.75) is 49.3 Å². The van der Waals surface area contributed by atoms with Crippen LogP contribution in [0.5, 0.6) is 0 Å². The Balaban J connectivity index is 0.00000288.